The van der Waals surface area contributed by atoms with Crippen molar-refractivity contribution in [3.05, 3.63) is 42.7 Å². The molecule has 3 heteroatoms. The predicted molar refractivity (Wildman–Crippen MR) is 61.6 cm³/mol. The maximum Gasteiger partial charge on any atom is 0.234 e. The Balaban J connectivity index is 2.33. The highest BCUT2D eigenvalue weighted by molar-refractivity contribution is 6.06. The van der Waals surface area contributed by atoms with Crippen molar-refractivity contribution in [2.24, 2.45) is 0 Å². The predicted octanol–water partition coefficient (Wildman–Crippen LogP) is 2.13. The molecule has 0 radical (unpaired) electrons. The molecular formula is C13H10N3+. The van der Waals surface area contributed by atoms with Gasteiger partial charge in [-0.25, -0.2) is 0 Å². The SMILES string of the molecule is N#CC[n+]1ccc2c(c1)[nH]c1ccccc12. The highest BCUT2D eigenvalue weighted by Gasteiger charge is 2.07. The molecule has 3 nitrogen and oxygen atoms in total. The van der Waals surface area contributed by atoms with Crippen molar-refractivity contribution in [2.45, 2.75) is 6.54 Å². The number of benzene rings is 1. The van der Waals surface area contributed by atoms with E-state index >= 15 is 0 Å². The molecule has 0 amide bonds. The minimum absolute atomic E-state index is 0.380. The van der Waals surface area contributed by atoms with Crippen LogP contribution in [0.2, 0.25) is 0 Å². The summed E-state index contributed by atoms with van der Waals surface area (Å²) in [5, 5.41) is 11.1. The molecule has 0 fully saturated rings. The second-order valence-corrected chi connectivity index (χ2v) is 3.77. The lowest BCUT2D eigenvalue weighted by atomic mass is 10.2. The molecule has 3 aromatic rings. The summed E-state index contributed by atoms with van der Waals surface area (Å²) in [6.07, 6.45) is 3.91. The van der Waals surface area contributed by atoms with E-state index in [1.807, 2.05) is 35.2 Å². The summed E-state index contributed by atoms with van der Waals surface area (Å²) >= 11 is 0. The summed E-state index contributed by atoms with van der Waals surface area (Å²) < 4.78 is 1.87. The van der Waals surface area contributed by atoms with Gasteiger partial charge in [0.2, 0.25) is 6.54 Å². The van der Waals surface area contributed by atoms with Gasteiger partial charge in [-0.3, -0.25) is 0 Å². The number of hydrogen-bond donors (Lipinski definition) is 1. The van der Waals surface area contributed by atoms with E-state index in [2.05, 4.69) is 23.2 Å². The number of nitrogens with zero attached hydrogens (tertiary/aromatic N) is 2. The van der Waals surface area contributed by atoms with Crippen molar-refractivity contribution in [3.63, 3.8) is 0 Å². The van der Waals surface area contributed by atoms with Crippen molar-refractivity contribution >= 4 is 21.8 Å². The monoisotopic (exact) mass is 208 g/mol. The lowest BCUT2D eigenvalue weighted by molar-refractivity contribution is -0.683. The highest BCUT2D eigenvalue weighted by Crippen LogP contribution is 2.23. The Bertz CT molecular complexity index is 704. The van der Waals surface area contributed by atoms with E-state index in [0.717, 1.165) is 11.0 Å². The zero-order valence-corrected chi connectivity index (χ0v) is 8.64. The van der Waals surface area contributed by atoms with Crippen LogP contribution in [-0.4, -0.2) is 4.98 Å². The van der Waals surface area contributed by atoms with E-state index in [-0.39, 0.29) is 0 Å². The average Bonchev–Trinajstić information content (AvgIpc) is 2.67. The first-order valence-corrected chi connectivity index (χ1v) is 5.15. The Labute approximate surface area is 92.6 Å². The largest absolute Gasteiger partial charge is 0.350 e. The van der Waals surface area contributed by atoms with Crippen molar-refractivity contribution < 1.29 is 4.57 Å². The molecule has 1 N–H and O–H groups in total. The van der Waals surface area contributed by atoms with Gasteiger partial charge in [0.15, 0.2) is 12.4 Å². The van der Waals surface area contributed by atoms with Crippen LogP contribution in [0.1, 0.15) is 0 Å². The van der Waals surface area contributed by atoms with Gasteiger partial charge in [-0.15, -0.1) is 0 Å². The van der Waals surface area contributed by atoms with Crippen LogP contribution in [0.4, 0.5) is 0 Å². The van der Waals surface area contributed by atoms with E-state index in [4.69, 9.17) is 5.26 Å². The lowest BCUT2D eigenvalue weighted by Gasteiger charge is -1.90. The number of nitrogens with one attached hydrogen (secondary N) is 1. The molecule has 0 atom stereocenters. The minimum atomic E-state index is 0.380. The molecular weight excluding hydrogens is 198 g/mol. The Morgan fingerprint density at radius 1 is 1.12 bits per heavy atom. The van der Waals surface area contributed by atoms with Crippen molar-refractivity contribution in [3.8, 4) is 6.07 Å². The summed E-state index contributed by atoms with van der Waals surface area (Å²) in [7, 11) is 0. The van der Waals surface area contributed by atoms with Crippen LogP contribution in [0.5, 0.6) is 0 Å². The van der Waals surface area contributed by atoms with E-state index in [0.29, 0.717) is 6.54 Å². The van der Waals surface area contributed by atoms with Gasteiger partial charge in [0.25, 0.3) is 0 Å². The Kier molecular flexibility index (Phi) is 1.87. The van der Waals surface area contributed by atoms with E-state index < -0.39 is 0 Å². The quantitative estimate of drug-likeness (QED) is 0.612. The Morgan fingerprint density at radius 3 is 2.81 bits per heavy atom. The van der Waals surface area contributed by atoms with Crippen molar-refractivity contribution in [1.29, 1.82) is 5.26 Å². The second-order valence-electron chi connectivity index (χ2n) is 3.77. The molecule has 2 heterocycles. The smallest absolute Gasteiger partial charge is 0.234 e. The number of hydrogen-bond acceptors (Lipinski definition) is 1. The maximum atomic E-state index is 8.65. The van der Waals surface area contributed by atoms with Crippen molar-refractivity contribution in [2.75, 3.05) is 0 Å². The number of aromatic nitrogens is 2. The van der Waals surface area contributed by atoms with E-state index in [9.17, 15) is 0 Å². The number of rotatable bonds is 1. The van der Waals surface area contributed by atoms with Crippen LogP contribution >= 0.6 is 0 Å². The Hall–Kier alpha value is -2.34. The van der Waals surface area contributed by atoms with Crippen LogP contribution in [0.25, 0.3) is 21.8 Å². The van der Waals surface area contributed by atoms with Crippen LogP contribution in [0.3, 0.4) is 0 Å². The standard InChI is InChI=1S/C13H9N3/c14-6-8-16-7-5-11-10-3-1-2-4-12(10)15-13(11)9-16/h1-5,7,9H,8H2/p+1. The van der Waals surface area contributed by atoms with Crippen molar-refractivity contribution in [1.82, 2.24) is 4.98 Å². The number of pyridine rings is 1. The summed E-state index contributed by atoms with van der Waals surface area (Å²) in [6.45, 7) is 0.380. The van der Waals surface area contributed by atoms with Crippen LogP contribution in [-0.2, 0) is 6.54 Å². The maximum absolute atomic E-state index is 8.65. The average molecular weight is 208 g/mol. The summed E-state index contributed by atoms with van der Waals surface area (Å²) in [5.41, 5.74) is 2.20. The molecule has 1 aromatic carbocycles. The number of fused-ring (bicyclic) bond motifs is 3. The molecule has 76 valence electrons. The molecule has 3 rings (SSSR count). The van der Waals surface area contributed by atoms with Gasteiger partial charge in [-0.2, -0.15) is 9.83 Å². The molecule has 0 saturated carbocycles. The molecule has 0 aliphatic carbocycles. The molecule has 0 unspecified atom stereocenters. The fourth-order valence-electron chi connectivity index (χ4n) is 2.02. The van der Waals surface area contributed by atoms with Gasteiger partial charge >= 0.3 is 0 Å². The van der Waals surface area contributed by atoms with Gasteiger partial charge in [-0.05, 0) is 6.07 Å². The zero-order chi connectivity index (χ0) is 11.0. The van der Waals surface area contributed by atoms with Crippen LogP contribution < -0.4 is 4.57 Å². The second kappa shape index (κ2) is 3.35. The first-order chi connectivity index (χ1) is 7.88. The summed E-state index contributed by atoms with van der Waals surface area (Å²) in [5.74, 6) is 0. The van der Waals surface area contributed by atoms with Gasteiger partial charge < -0.3 is 4.98 Å². The minimum Gasteiger partial charge on any atom is -0.350 e. The number of aromatic amines is 1. The fourth-order valence-corrected chi connectivity index (χ4v) is 2.02. The molecule has 0 aliphatic rings. The first-order valence-electron chi connectivity index (χ1n) is 5.15. The van der Waals surface area contributed by atoms with Gasteiger partial charge in [0, 0.05) is 22.4 Å². The lowest BCUT2D eigenvalue weighted by Crippen LogP contribution is -2.31. The number of para-hydroxylation sites is 1. The molecule has 0 bridgehead atoms. The molecule has 0 saturated heterocycles. The zero-order valence-electron chi connectivity index (χ0n) is 8.64. The normalized spacial score (nSPS) is 10.7. The Morgan fingerprint density at radius 2 is 1.94 bits per heavy atom. The fraction of sp³-hybridized carbons (Fsp3) is 0.0769. The third-order valence-corrected chi connectivity index (χ3v) is 2.76. The summed E-state index contributed by atoms with van der Waals surface area (Å²) in [6, 6.07) is 12.4. The van der Waals surface area contributed by atoms with E-state index in [1.54, 1.807) is 0 Å². The molecule has 2 aromatic heterocycles. The molecule has 0 aliphatic heterocycles. The third kappa shape index (κ3) is 1.24. The third-order valence-electron chi connectivity index (χ3n) is 2.76. The summed E-state index contributed by atoms with van der Waals surface area (Å²) in [4.78, 5) is 3.35. The van der Waals surface area contributed by atoms with Gasteiger partial charge in [0.05, 0.1) is 0 Å². The van der Waals surface area contributed by atoms with Gasteiger partial charge in [0.1, 0.15) is 11.6 Å². The molecule has 16 heavy (non-hydrogen) atoms. The molecule has 0 spiro atoms. The van der Waals surface area contributed by atoms with Gasteiger partial charge in [-0.1, -0.05) is 18.2 Å². The first kappa shape index (κ1) is 8.93. The number of H-pyrrole nitrogens is 1. The van der Waals surface area contributed by atoms with E-state index in [1.165, 1.54) is 10.8 Å². The highest BCUT2D eigenvalue weighted by atomic mass is 14.9. The topological polar surface area (TPSA) is 43.5 Å². The van der Waals surface area contributed by atoms with Crippen LogP contribution in [0.15, 0.2) is 42.7 Å². The number of nitriles is 1. The van der Waals surface area contributed by atoms with Crippen LogP contribution in [0, 0.1) is 11.3 Å².